The van der Waals surface area contributed by atoms with Gasteiger partial charge in [0, 0.05) is 19.0 Å². The summed E-state index contributed by atoms with van der Waals surface area (Å²) in [6.45, 7) is 8.60. The van der Waals surface area contributed by atoms with Crippen molar-refractivity contribution in [3.05, 3.63) is 0 Å². The molecule has 0 aliphatic heterocycles. The Labute approximate surface area is 109 Å². The topological polar surface area (TPSA) is 64.6 Å². The molecule has 0 aromatic carbocycles. The molecule has 1 N–H and O–H groups in total. The summed E-state index contributed by atoms with van der Waals surface area (Å²) in [6, 6.07) is -0.182. The Kier molecular flexibility index (Phi) is 7.78. The summed E-state index contributed by atoms with van der Waals surface area (Å²) in [5.41, 5.74) is -0.180. The summed E-state index contributed by atoms with van der Waals surface area (Å²) in [7, 11) is 1.34. The van der Waals surface area contributed by atoms with E-state index < -0.39 is 0 Å². The van der Waals surface area contributed by atoms with E-state index in [0.29, 0.717) is 19.6 Å². The molecule has 0 radical (unpaired) electrons. The molecule has 0 spiro atoms. The first-order valence-corrected chi connectivity index (χ1v) is 6.18. The van der Waals surface area contributed by atoms with Crippen LogP contribution in [0.15, 0.2) is 0 Å². The van der Waals surface area contributed by atoms with Crippen molar-refractivity contribution in [2.45, 2.75) is 52.2 Å². The van der Waals surface area contributed by atoms with Gasteiger partial charge in [-0.05, 0) is 27.7 Å². The van der Waals surface area contributed by atoms with Gasteiger partial charge in [0.15, 0.2) is 0 Å². The Morgan fingerprint density at radius 3 is 2.28 bits per heavy atom. The van der Waals surface area contributed by atoms with Crippen molar-refractivity contribution in [2.75, 3.05) is 20.3 Å². The average molecular weight is 259 g/mol. The van der Waals surface area contributed by atoms with E-state index in [-0.39, 0.29) is 29.8 Å². The summed E-state index contributed by atoms with van der Waals surface area (Å²) < 4.78 is 10.2. The summed E-state index contributed by atoms with van der Waals surface area (Å²) in [6.07, 6.45) is 0.524. The minimum absolute atomic E-state index is 0.0492. The van der Waals surface area contributed by atoms with Gasteiger partial charge in [-0.15, -0.1) is 0 Å². The molecule has 5 nitrogen and oxygen atoms in total. The first kappa shape index (κ1) is 17.1. The van der Waals surface area contributed by atoms with Gasteiger partial charge in [0.05, 0.1) is 25.7 Å². The normalized spacial score (nSPS) is 13.2. The molecule has 0 aromatic heterocycles. The monoisotopic (exact) mass is 259 g/mol. The molecule has 0 aromatic rings. The first-order chi connectivity index (χ1) is 8.24. The molecule has 5 heteroatoms. The maximum Gasteiger partial charge on any atom is 0.307 e. The van der Waals surface area contributed by atoms with Gasteiger partial charge in [-0.25, -0.2) is 0 Å². The van der Waals surface area contributed by atoms with Crippen LogP contribution >= 0.6 is 0 Å². The third-order valence-corrected chi connectivity index (χ3v) is 2.24. The largest absolute Gasteiger partial charge is 0.469 e. The second-order valence-corrected chi connectivity index (χ2v) is 5.30. The van der Waals surface area contributed by atoms with Crippen LogP contribution in [0.1, 0.15) is 40.5 Å². The molecular formula is C13H25NO4. The number of carbonyl (C=O) groups excluding carboxylic acids is 2. The standard InChI is InChI=1S/C13H25NO4/c1-10(15)8-11(9-12(16)17-5)14-6-7-18-13(2,3)4/h11,14H,6-9H2,1-5H3. The minimum atomic E-state index is -0.314. The quantitative estimate of drug-likeness (QED) is 0.526. The molecule has 0 rings (SSSR count). The SMILES string of the molecule is COC(=O)CC(CC(C)=O)NCCOC(C)(C)C. The second kappa shape index (κ2) is 8.21. The lowest BCUT2D eigenvalue weighted by molar-refractivity contribution is -0.141. The highest BCUT2D eigenvalue weighted by Crippen LogP contribution is 2.06. The van der Waals surface area contributed by atoms with Crippen molar-refractivity contribution in [2.24, 2.45) is 0 Å². The van der Waals surface area contributed by atoms with Crippen LogP contribution in [0.25, 0.3) is 0 Å². The number of Topliss-reactive ketones (excluding diaryl/α,β-unsaturated/α-hetero) is 1. The van der Waals surface area contributed by atoms with Crippen LogP contribution in [0.4, 0.5) is 0 Å². The van der Waals surface area contributed by atoms with Crippen molar-refractivity contribution in [3.8, 4) is 0 Å². The van der Waals surface area contributed by atoms with Gasteiger partial charge in [-0.2, -0.15) is 0 Å². The average Bonchev–Trinajstić information content (AvgIpc) is 2.21. The van der Waals surface area contributed by atoms with Gasteiger partial charge in [0.1, 0.15) is 5.78 Å². The fraction of sp³-hybridized carbons (Fsp3) is 0.846. The highest BCUT2D eigenvalue weighted by Gasteiger charge is 2.16. The van der Waals surface area contributed by atoms with Gasteiger partial charge in [0.2, 0.25) is 0 Å². The molecule has 1 atom stereocenters. The van der Waals surface area contributed by atoms with E-state index in [1.165, 1.54) is 14.0 Å². The van der Waals surface area contributed by atoms with Crippen molar-refractivity contribution < 1.29 is 19.1 Å². The Morgan fingerprint density at radius 1 is 1.22 bits per heavy atom. The molecule has 0 saturated heterocycles. The number of hydrogen-bond acceptors (Lipinski definition) is 5. The maximum atomic E-state index is 11.2. The van der Waals surface area contributed by atoms with E-state index in [0.717, 1.165) is 0 Å². The second-order valence-electron chi connectivity index (χ2n) is 5.30. The molecule has 0 aliphatic rings. The van der Waals surface area contributed by atoms with Crippen LogP contribution in [0.5, 0.6) is 0 Å². The number of esters is 1. The summed E-state index contributed by atoms with van der Waals surface area (Å²) in [5, 5.41) is 3.14. The molecule has 0 amide bonds. The zero-order chi connectivity index (χ0) is 14.2. The van der Waals surface area contributed by atoms with E-state index in [1.807, 2.05) is 20.8 Å². The van der Waals surface area contributed by atoms with Gasteiger partial charge in [-0.3, -0.25) is 9.59 Å². The number of methoxy groups -OCH3 is 1. The molecule has 1 unspecified atom stereocenters. The summed E-state index contributed by atoms with van der Waals surface area (Å²) in [4.78, 5) is 22.3. The molecular weight excluding hydrogens is 234 g/mol. The predicted molar refractivity (Wildman–Crippen MR) is 69.4 cm³/mol. The van der Waals surface area contributed by atoms with E-state index in [4.69, 9.17) is 4.74 Å². The Balaban J connectivity index is 4.01. The third kappa shape index (κ3) is 10.2. The van der Waals surface area contributed by atoms with Gasteiger partial charge >= 0.3 is 5.97 Å². The fourth-order valence-electron chi connectivity index (χ4n) is 1.47. The zero-order valence-electron chi connectivity index (χ0n) is 12.0. The molecule has 18 heavy (non-hydrogen) atoms. The third-order valence-electron chi connectivity index (χ3n) is 2.24. The number of hydrogen-bond donors (Lipinski definition) is 1. The van der Waals surface area contributed by atoms with Crippen LogP contribution in [-0.2, 0) is 19.1 Å². The van der Waals surface area contributed by atoms with Crippen LogP contribution in [0.3, 0.4) is 0 Å². The van der Waals surface area contributed by atoms with Gasteiger partial charge < -0.3 is 14.8 Å². The van der Waals surface area contributed by atoms with Crippen LogP contribution in [0, 0.1) is 0 Å². The van der Waals surface area contributed by atoms with Crippen LogP contribution in [0.2, 0.25) is 0 Å². The van der Waals surface area contributed by atoms with E-state index in [1.54, 1.807) is 0 Å². The highest BCUT2D eigenvalue weighted by molar-refractivity contribution is 5.77. The molecule has 0 heterocycles. The Morgan fingerprint density at radius 2 is 1.83 bits per heavy atom. The number of ketones is 1. The number of rotatable bonds is 8. The summed E-state index contributed by atoms with van der Waals surface area (Å²) in [5.74, 6) is -0.265. The number of ether oxygens (including phenoxy) is 2. The minimum Gasteiger partial charge on any atom is -0.469 e. The zero-order valence-corrected chi connectivity index (χ0v) is 12.0. The molecule has 0 saturated carbocycles. The Bertz CT molecular complexity index is 271. The first-order valence-electron chi connectivity index (χ1n) is 6.18. The lowest BCUT2D eigenvalue weighted by atomic mass is 10.1. The molecule has 0 bridgehead atoms. The van der Waals surface area contributed by atoms with Gasteiger partial charge in [-0.1, -0.05) is 0 Å². The summed E-state index contributed by atoms with van der Waals surface area (Å²) >= 11 is 0. The van der Waals surface area contributed by atoms with Crippen LogP contribution < -0.4 is 5.32 Å². The van der Waals surface area contributed by atoms with E-state index >= 15 is 0 Å². The van der Waals surface area contributed by atoms with Crippen molar-refractivity contribution >= 4 is 11.8 Å². The maximum absolute atomic E-state index is 11.2. The number of nitrogens with one attached hydrogen (secondary N) is 1. The van der Waals surface area contributed by atoms with Crippen LogP contribution in [-0.4, -0.2) is 43.7 Å². The lowest BCUT2D eigenvalue weighted by Gasteiger charge is -2.21. The smallest absolute Gasteiger partial charge is 0.307 e. The lowest BCUT2D eigenvalue weighted by Crippen LogP contribution is -2.37. The van der Waals surface area contributed by atoms with Crippen molar-refractivity contribution in [1.29, 1.82) is 0 Å². The predicted octanol–water partition coefficient (Wildman–Crippen LogP) is 1.30. The number of carbonyl (C=O) groups is 2. The molecule has 106 valence electrons. The fourth-order valence-corrected chi connectivity index (χ4v) is 1.47. The van der Waals surface area contributed by atoms with E-state index in [2.05, 4.69) is 10.1 Å². The van der Waals surface area contributed by atoms with Gasteiger partial charge in [0.25, 0.3) is 0 Å². The molecule has 0 fully saturated rings. The van der Waals surface area contributed by atoms with E-state index in [9.17, 15) is 9.59 Å². The highest BCUT2D eigenvalue weighted by atomic mass is 16.5. The molecule has 0 aliphatic carbocycles. The van der Waals surface area contributed by atoms with Crippen molar-refractivity contribution in [3.63, 3.8) is 0 Å². The van der Waals surface area contributed by atoms with Crippen molar-refractivity contribution in [1.82, 2.24) is 5.32 Å². The Hall–Kier alpha value is -0.940.